The molecule has 6 nitrogen and oxygen atoms in total. The fraction of sp³-hybridized carbons (Fsp3) is 0.579. The molecular weight excluding hydrogens is 318 g/mol. The van der Waals surface area contributed by atoms with Gasteiger partial charge in [-0.3, -0.25) is 9.59 Å². The maximum Gasteiger partial charge on any atom is 0.277 e. The molecule has 0 aliphatic carbocycles. The molecule has 2 fully saturated rings. The van der Waals surface area contributed by atoms with Crippen molar-refractivity contribution in [3.05, 3.63) is 35.9 Å². The summed E-state index contributed by atoms with van der Waals surface area (Å²) < 4.78 is 5.31. The first-order chi connectivity index (χ1) is 12.1. The number of morpholine rings is 1. The molecule has 0 atom stereocenters. The lowest BCUT2D eigenvalue weighted by molar-refractivity contribution is -0.899. The molecule has 0 saturated carbocycles. The number of carbonyl (C=O) groups is 2. The number of quaternary nitrogens is 1. The highest BCUT2D eigenvalue weighted by Crippen LogP contribution is 2.29. The summed E-state index contributed by atoms with van der Waals surface area (Å²) >= 11 is 0. The molecule has 2 aliphatic rings. The van der Waals surface area contributed by atoms with E-state index in [9.17, 15) is 9.59 Å². The lowest BCUT2D eigenvalue weighted by Crippen LogP contribution is -3.14. The van der Waals surface area contributed by atoms with Gasteiger partial charge in [-0.1, -0.05) is 30.3 Å². The number of amides is 2. The number of piperidine rings is 1. The predicted molar refractivity (Wildman–Crippen MR) is 94.1 cm³/mol. The molecule has 25 heavy (non-hydrogen) atoms. The van der Waals surface area contributed by atoms with E-state index in [1.165, 1.54) is 4.90 Å². The summed E-state index contributed by atoms with van der Waals surface area (Å²) in [6.45, 7) is 6.55. The van der Waals surface area contributed by atoms with Gasteiger partial charge >= 0.3 is 0 Å². The molecule has 0 bridgehead atoms. The van der Waals surface area contributed by atoms with Gasteiger partial charge in [-0.15, -0.1) is 0 Å². The van der Waals surface area contributed by atoms with Gasteiger partial charge in [0.05, 0.1) is 31.8 Å². The van der Waals surface area contributed by atoms with Crippen molar-refractivity contribution in [1.82, 2.24) is 10.2 Å². The molecule has 2 saturated heterocycles. The van der Waals surface area contributed by atoms with Crippen molar-refractivity contribution in [2.75, 3.05) is 45.9 Å². The Kier molecular flexibility index (Phi) is 5.71. The van der Waals surface area contributed by atoms with Crippen LogP contribution in [0.4, 0.5) is 0 Å². The summed E-state index contributed by atoms with van der Waals surface area (Å²) in [4.78, 5) is 27.4. The Labute approximate surface area is 149 Å². The van der Waals surface area contributed by atoms with Crippen LogP contribution in [0, 0.1) is 0 Å². The molecule has 2 aliphatic heterocycles. The topological polar surface area (TPSA) is 63.1 Å². The smallest absolute Gasteiger partial charge is 0.277 e. The molecule has 0 radical (unpaired) electrons. The van der Waals surface area contributed by atoms with Crippen molar-refractivity contribution < 1.29 is 19.2 Å². The Morgan fingerprint density at radius 2 is 1.80 bits per heavy atom. The summed E-state index contributed by atoms with van der Waals surface area (Å²) in [7, 11) is 0. The van der Waals surface area contributed by atoms with Gasteiger partial charge in [0.15, 0.2) is 6.54 Å². The highest BCUT2D eigenvalue weighted by Gasteiger charge is 2.39. The normalized spacial score (nSPS) is 26.9. The van der Waals surface area contributed by atoms with Gasteiger partial charge in [0.1, 0.15) is 0 Å². The standard InChI is InChI=1S/C19H27N3O3/c1-16(23)20-19(17-5-3-2-4-6-17)7-9-21(10-8-19)15-18(24)22-11-13-25-14-12-22/h2-6H,7-15H2,1H3,(H,20,23)/p+1. The number of benzene rings is 1. The molecule has 1 aromatic carbocycles. The van der Waals surface area contributed by atoms with E-state index in [1.807, 2.05) is 23.1 Å². The summed E-state index contributed by atoms with van der Waals surface area (Å²) in [5, 5.41) is 3.18. The van der Waals surface area contributed by atoms with Crippen LogP contribution < -0.4 is 10.2 Å². The third-order valence-electron chi connectivity index (χ3n) is 5.32. The van der Waals surface area contributed by atoms with Gasteiger partial charge in [-0.25, -0.2) is 0 Å². The summed E-state index contributed by atoms with van der Waals surface area (Å²) in [6, 6.07) is 10.2. The molecule has 2 amide bonds. The van der Waals surface area contributed by atoms with E-state index in [0.717, 1.165) is 31.5 Å². The Bertz CT molecular complexity index is 591. The van der Waals surface area contributed by atoms with Crippen LogP contribution in [0.2, 0.25) is 0 Å². The van der Waals surface area contributed by atoms with Crippen LogP contribution in [0.25, 0.3) is 0 Å². The SMILES string of the molecule is CC(=O)NC1(c2ccccc2)CC[NH+](CC(=O)N2CCOCC2)CC1. The van der Waals surface area contributed by atoms with Crippen molar-refractivity contribution in [2.24, 2.45) is 0 Å². The lowest BCUT2D eigenvalue weighted by Gasteiger charge is -2.41. The third-order valence-corrected chi connectivity index (χ3v) is 5.32. The molecule has 136 valence electrons. The minimum atomic E-state index is -0.307. The Morgan fingerprint density at radius 3 is 2.40 bits per heavy atom. The number of carbonyl (C=O) groups excluding carboxylic acids is 2. The summed E-state index contributed by atoms with van der Waals surface area (Å²) in [6.07, 6.45) is 1.70. The van der Waals surface area contributed by atoms with Gasteiger partial charge in [-0.2, -0.15) is 0 Å². The third kappa shape index (κ3) is 4.38. The molecule has 3 rings (SSSR count). The fourth-order valence-corrected chi connectivity index (χ4v) is 3.93. The highest BCUT2D eigenvalue weighted by atomic mass is 16.5. The van der Waals surface area contributed by atoms with E-state index in [0.29, 0.717) is 32.8 Å². The Hall–Kier alpha value is -1.92. The second kappa shape index (κ2) is 7.97. The molecule has 1 aromatic rings. The quantitative estimate of drug-likeness (QED) is 0.777. The second-order valence-corrected chi connectivity index (χ2v) is 7.05. The van der Waals surface area contributed by atoms with Crippen LogP contribution in [0.1, 0.15) is 25.3 Å². The molecule has 0 spiro atoms. The maximum absolute atomic E-state index is 12.5. The van der Waals surface area contributed by atoms with Crippen molar-refractivity contribution in [2.45, 2.75) is 25.3 Å². The average molecular weight is 346 g/mol. The van der Waals surface area contributed by atoms with E-state index < -0.39 is 0 Å². The van der Waals surface area contributed by atoms with Crippen molar-refractivity contribution in [3.63, 3.8) is 0 Å². The second-order valence-electron chi connectivity index (χ2n) is 7.05. The van der Waals surface area contributed by atoms with Gasteiger partial charge in [-0.05, 0) is 5.56 Å². The van der Waals surface area contributed by atoms with Gasteiger partial charge in [0.2, 0.25) is 5.91 Å². The molecule has 2 N–H and O–H groups in total. The van der Waals surface area contributed by atoms with Crippen LogP contribution in [-0.4, -0.2) is 62.7 Å². The summed E-state index contributed by atoms with van der Waals surface area (Å²) in [5.74, 6) is 0.210. The first kappa shape index (κ1) is 17.9. The van der Waals surface area contributed by atoms with Crippen LogP contribution in [-0.2, 0) is 19.9 Å². The Balaban J connectivity index is 1.61. The maximum atomic E-state index is 12.5. The Morgan fingerprint density at radius 1 is 1.16 bits per heavy atom. The number of nitrogens with zero attached hydrogens (tertiary/aromatic N) is 1. The van der Waals surface area contributed by atoms with Crippen molar-refractivity contribution in [3.8, 4) is 0 Å². The average Bonchev–Trinajstić information content (AvgIpc) is 2.64. The number of rotatable bonds is 4. The van der Waals surface area contributed by atoms with E-state index in [2.05, 4.69) is 17.4 Å². The predicted octanol–water partition coefficient (Wildman–Crippen LogP) is -0.444. The van der Waals surface area contributed by atoms with E-state index in [1.54, 1.807) is 6.92 Å². The minimum Gasteiger partial charge on any atom is -0.378 e. The first-order valence-electron chi connectivity index (χ1n) is 9.12. The van der Waals surface area contributed by atoms with Crippen LogP contribution in [0.15, 0.2) is 30.3 Å². The van der Waals surface area contributed by atoms with Gasteiger partial charge in [0.25, 0.3) is 5.91 Å². The molecular formula is C19H28N3O3+. The van der Waals surface area contributed by atoms with Gasteiger partial charge < -0.3 is 19.9 Å². The number of likely N-dealkylation sites (tertiary alicyclic amines) is 1. The van der Waals surface area contributed by atoms with Crippen LogP contribution in [0.5, 0.6) is 0 Å². The molecule has 0 aromatic heterocycles. The summed E-state index contributed by atoms with van der Waals surface area (Å²) in [5.41, 5.74) is 0.849. The minimum absolute atomic E-state index is 0.00306. The van der Waals surface area contributed by atoms with Crippen molar-refractivity contribution >= 4 is 11.8 Å². The monoisotopic (exact) mass is 346 g/mol. The number of hydrogen-bond acceptors (Lipinski definition) is 3. The van der Waals surface area contributed by atoms with E-state index in [4.69, 9.17) is 4.74 Å². The molecule has 0 unspecified atom stereocenters. The lowest BCUT2D eigenvalue weighted by atomic mass is 9.80. The van der Waals surface area contributed by atoms with Crippen molar-refractivity contribution in [1.29, 1.82) is 0 Å². The van der Waals surface area contributed by atoms with Crippen LogP contribution >= 0.6 is 0 Å². The van der Waals surface area contributed by atoms with E-state index >= 15 is 0 Å². The number of nitrogens with one attached hydrogen (secondary N) is 2. The number of ether oxygens (including phenoxy) is 1. The molecule has 6 heteroatoms. The highest BCUT2D eigenvalue weighted by molar-refractivity contribution is 5.77. The largest absolute Gasteiger partial charge is 0.378 e. The first-order valence-corrected chi connectivity index (χ1v) is 9.12. The molecule has 2 heterocycles. The van der Waals surface area contributed by atoms with Gasteiger partial charge in [0, 0.05) is 32.9 Å². The zero-order chi connectivity index (χ0) is 17.7. The number of hydrogen-bond donors (Lipinski definition) is 2. The van der Waals surface area contributed by atoms with E-state index in [-0.39, 0.29) is 17.4 Å². The fourth-order valence-electron chi connectivity index (χ4n) is 3.93. The zero-order valence-electron chi connectivity index (χ0n) is 14.9. The van der Waals surface area contributed by atoms with Crippen LogP contribution in [0.3, 0.4) is 0 Å². The zero-order valence-corrected chi connectivity index (χ0v) is 14.9.